The molecule has 0 spiro atoms. The Labute approximate surface area is 161 Å². The minimum Gasteiger partial charge on any atom is -0.325 e. The first-order chi connectivity index (χ1) is 13.5. The Morgan fingerprint density at radius 1 is 1.11 bits per heavy atom. The average Bonchev–Trinajstić information content (AvgIpc) is 3.14. The van der Waals surface area contributed by atoms with E-state index in [1.54, 1.807) is 6.07 Å². The van der Waals surface area contributed by atoms with Gasteiger partial charge >= 0.3 is 0 Å². The number of amides is 1. The van der Waals surface area contributed by atoms with Crippen LogP contribution in [0.5, 0.6) is 0 Å². The summed E-state index contributed by atoms with van der Waals surface area (Å²) in [5, 5.41) is 13.9. The third-order valence-electron chi connectivity index (χ3n) is 4.52. The molecule has 2 aromatic heterocycles. The van der Waals surface area contributed by atoms with E-state index in [-0.39, 0.29) is 17.9 Å². The summed E-state index contributed by atoms with van der Waals surface area (Å²) < 4.78 is 1.43. The van der Waals surface area contributed by atoms with Gasteiger partial charge in [0.15, 0.2) is 5.82 Å². The fourth-order valence-corrected chi connectivity index (χ4v) is 3.12. The summed E-state index contributed by atoms with van der Waals surface area (Å²) in [6.45, 7) is 3.94. The molecule has 0 saturated carbocycles. The number of carbonyl (C=O) groups is 1. The SMILES string of the molecule is Cc1ccc(NC(=O)Cc2n[nH]c(=O)c3cc(-c4ccccc4)nn23)c(C)c1. The van der Waals surface area contributed by atoms with Crippen molar-refractivity contribution in [3.05, 3.63) is 81.9 Å². The predicted molar refractivity (Wildman–Crippen MR) is 107 cm³/mol. The second kappa shape index (κ2) is 7.11. The molecule has 0 aliphatic heterocycles. The van der Waals surface area contributed by atoms with E-state index in [2.05, 4.69) is 20.6 Å². The molecular formula is C21H19N5O2. The minimum absolute atomic E-state index is 0.0174. The maximum Gasteiger partial charge on any atom is 0.290 e. The van der Waals surface area contributed by atoms with E-state index in [1.165, 1.54) is 4.52 Å². The van der Waals surface area contributed by atoms with Gasteiger partial charge in [-0.3, -0.25) is 9.59 Å². The van der Waals surface area contributed by atoms with Gasteiger partial charge in [0, 0.05) is 11.3 Å². The summed E-state index contributed by atoms with van der Waals surface area (Å²) >= 11 is 0. The Morgan fingerprint density at radius 2 is 1.89 bits per heavy atom. The first kappa shape index (κ1) is 17.7. The molecule has 2 N–H and O–H groups in total. The van der Waals surface area contributed by atoms with E-state index in [9.17, 15) is 9.59 Å². The number of aryl methyl sites for hydroxylation is 2. The number of rotatable bonds is 4. The van der Waals surface area contributed by atoms with Crippen LogP contribution in [-0.2, 0) is 11.2 Å². The van der Waals surface area contributed by atoms with Gasteiger partial charge in [0.1, 0.15) is 5.52 Å². The van der Waals surface area contributed by atoms with E-state index < -0.39 is 0 Å². The van der Waals surface area contributed by atoms with Crippen molar-refractivity contribution in [1.29, 1.82) is 0 Å². The zero-order valence-electron chi connectivity index (χ0n) is 15.6. The van der Waals surface area contributed by atoms with Crippen molar-refractivity contribution in [1.82, 2.24) is 19.8 Å². The average molecular weight is 373 g/mol. The van der Waals surface area contributed by atoms with Gasteiger partial charge in [-0.2, -0.15) is 10.2 Å². The number of benzene rings is 2. The summed E-state index contributed by atoms with van der Waals surface area (Å²) in [5.74, 6) is 0.128. The van der Waals surface area contributed by atoms with Crippen molar-refractivity contribution in [3.8, 4) is 11.3 Å². The van der Waals surface area contributed by atoms with Gasteiger partial charge in [-0.1, -0.05) is 48.0 Å². The van der Waals surface area contributed by atoms with Gasteiger partial charge < -0.3 is 5.32 Å². The van der Waals surface area contributed by atoms with E-state index in [0.29, 0.717) is 17.0 Å². The minimum atomic E-state index is -0.354. The van der Waals surface area contributed by atoms with Gasteiger partial charge in [0.25, 0.3) is 5.56 Å². The largest absolute Gasteiger partial charge is 0.325 e. The predicted octanol–water partition coefficient (Wildman–Crippen LogP) is 2.88. The summed E-state index contributed by atoms with van der Waals surface area (Å²) in [6.07, 6.45) is -0.0174. The molecule has 4 aromatic rings. The smallest absolute Gasteiger partial charge is 0.290 e. The Hall–Kier alpha value is -3.74. The second-order valence-electron chi connectivity index (χ2n) is 6.70. The number of hydrogen-bond acceptors (Lipinski definition) is 4. The highest BCUT2D eigenvalue weighted by Crippen LogP contribution is 2.19. The molecule has 0 aliphatic rings. The van der Waals surface area contributed by atoms with Gasteiger partial charge in [0.05, 0.1) is 12.1 Å². The van der Waals surface area contributed by atoms with Crippen molar-refractivity contribution >= 4 is 17.1 Å². The lowest BCUT2D eigenvalue weighted by Crippen LogP contribution is -2.22. The Bertz CT molecular complexity index is 1220. The van der Waals surface area contributed by atoms with Crippen LogP contribution in [0.4, 0.5) is 5.69 Å². The maximum absolute atomic E-state index is 12.5. The second-order valence-corrected chi connectivity index (χ2v) is 6.70. The molecule has 1 amide bonds. The van der Waals surface area contributed by atoms with Crippen LogP contribution >= 0.6 is 0 Å². The number of H-pyrrole nitrogens is 1. The topological polar surface area (TPSA) is 92.1 Å². The Kier molecular flexibility index (Phi) is 4.49. The molecule has 0 unspecified atom stereocenters. The highest BCUT2D eigenvalue weighted by molar-refractivity contribution is 5.92. The van der Waals surface area contributed by atoms with Crippen molar-refractivity contribution in [2.24, 2.45) is 0 Å². The number of aromatic nitrogens is 4. The monoisotopic (exact) mass is 373 g/mol. The Morgan fingerprint density at radius 3 is 2.64 bits per heavy atom. The van der Waals surface area contributed by atoms with Crippen molar-refractivity contribution in [2.45, 2.75) is 20.3 Å². The lowest BCUT2D eigenvalue weighted by Gasteiger charge is -2.09. The van der Waals surface area contributed by atoms with Gasteiger partial charge in [-0.15, -0.1) is 0 Å². The van der Waals surface area contributed by atoms with Crippen LogP contribution in [0.3, 0.4) is 0 Å². The maximum atomic E-state index is 12.5. The van der Waals surface area contributed by atoms with E-state index in [4.69, 9.17) is 0 Å². The van der Waals surface area contributed by atoms with Crippen molar-refractivity contribution < 1.29 is 4.79 Å². The number of nitrogens with one attached hydrogen (secondary N) is 2. The fraction of sp³-hybridized carbons (Fsp3) is 0.143. The molecule has 0 aliphatic carbocycles. The fourth-order valence-electron chi connectivity index (χ4n) is 3.12. The Balaban J connectivity index is 1.65. The number of carbonyl (C=O) groups excluding carboxylic acids is 1. The van der Waals surface area contributed by atoms with Crippen molar-refractivity contribution in [3.63, 3.8) is 0 Å². The summed E-state index contributed by atoms with van der Waals surface area (Å²) in [4.78, 5) is 24.7. The molecular weight excluding hydrogens is 354 g/mol. The lowest BCUT2D eigenvalue weighted by atomic mass is 10.1. The van der Waals surface area contributed by atoms with Gasteiger partial charge in [0.2, 0.25) is 5.91 Å². The van der Waals surface area contributed by atoms with E-state index in [0.717, 1.165) is 22.4 Å². The van der Waals surface area contributed by atoms with Crippen LogP contribution in [0.25, 0.3) is 16.8 Å². The van der Waals surface area contributed by atoms with Crippen LogP contribution in [-0.4, -0.2) is 25.7 Å². The summed E-state index contributed by atoms with van der Waals surface area (Å²) in [7, 11) is 0. The standard InChI is InChI=1S/C21H19N5O2/c1-13-8-9-16(14(2)10-13)22-20(27)12-19-23-24-21(28)18-11-17(25-26(18)19)15-6-4-3-5-7-15/h3-11H,12H2,1-2H3,(H,22,27)(H,24,28). The molecule has 7 heteroatoms. The highest BCUT2D eigenvalue weighted by Gasteiger charge is 2.15. The molecule has 28 heavy (non-hydrogen) atoms. The third kappa shape index (κ3) is 3.42. The number of aromatic amines is 1. The number of nitrogens with zero attached hydrogens (tertiary/aromatic N) is 3. The molecule has 4 rings (SSSR count). The van der Waals surface area contributed by atoms with Crippen LogP contribution in [0.1, 0.15) is 17.0 Å². The number of hydrogen-bond donors (Lipinski definition) is 2. The summed E-state index contributed by atoms with van der Waals surface area (Å²) in [6, 6.07) is 17.1. The first-order valence-electron chi connectivity index (χ1n) is 8.91. The molecule has 0 saturated heterocycles. The molecule has 0 radical (unpaired) electrons. The zero-order valence-corrected chi connectivity index (χ0v) is 15.6. The summed E-state index contributed by atoms with van der Waals surface area (Å²) in [5.41, 5.74) is 4.40. The lowest BCUT2D eigenvalue weighted by molar-refractivity contribution is -0.115. The van der Waals surface area contributed by atoms with Crippen LogP contribution in [0, 0.1) is 13.8 Å². The normalized spacial score (nSPS) is 10.9. The quantitative estimate of drug-likeness (QED) is 0.575. The molecule has 0 bridgehead atoms. The molecule has 0 fully saturated rings. The van der Waals surface area contributed by atoms with Gasteiger partial charge in [-0.05, 0) is 31.5 Å². The van der Waals surface area contributed by atoms with E-state index >= 15 is 0 Å². The van der Waals surface area contributed by atoms with Crippen LogP contribution in [0.2, 0.25) is 0 Å². The number of anilines is 1. The third-order valence-corrected chi connectivity index (χ3v) is 4.52. The highest BCUT2D eigenvalue weighted by atomic mass is 16.1. The van der Waals surface area contributed by atoms with Gasteiger partial charge in [-0.25, -0.2) is 9.61 Å². The molecule has 2 heterocycles. The number of fused-ring (bicyclic) bond motifs is 1. The molecule has 7 nitrogen and oxygen atoms in total. The molecule has 140 valence electrons. The van der Waals surface area contributed by atoms with Crippen LogP contribution < -0.4 is 10.9 Å². The molecule has 2 aromatic carbocycles. The zero-order chi connectivity index (χ0) is 19.7. The van der Waals surface area contributed by atoms with Crippen LogP contribution in [0.15, 0.2) is 59.4 Å². The van der Waals surface area contributed by atoms with Crippen molar-refractivity contribution in [2.75, 3.05) is 5.32 Å². The first-order valence-corrected chi connectivity index (χ1v) is 8.91. The van der Waals surface area contributed by atoms with E-state index in [1.807, 2.05) is 62.4 Å². The molecule has 0 atom stereocenters.